The first-order chi connectivity index (χ1) is 14.3. The van der Waals surface area contributed by atoms with Gasteiger partial charge in [0.1, 0.15) is 5.75 Å². The van der Waals surface area contributed by atoms with Crippen LogP contribution in [-0.4, -0.2) is 30.9 Å². The third kappa shape index (κ3) is 4.79. The van der Waals surface area contributed by atoms with E-state index in [1.807, 2.05) is 12.3 Å². The molecule has 0 radical (unpaired) electrons. The Hall–Kier alpha value is -2.39. The lowest BCUT2D eigenvalue weighted by Gasteiger charge is -2.37. The summed E-state index contributed by atoms with van der Waals surface area (Å²) in [5.74, 6) is 0.949. The Kier molecular flexibility index (Phi) is 6.46. The van der Waals surface area contributed by atoms with Crippen LogP contribution >= 0.6 is 0 Å². The largest absolute Gasteiger partial charge is 0.496 e. The molecule has 0 amide bonds. The molecule has 1 aliphatic heterocycles. The second-order valence-electron chi connectivity index (χ2n) is 8.34. The minimum absolute atomic E-state index is 0.258. The lowest BCUT2D eigenvalue weighted by atomic mass is 9.81. The van der Waals surface area contributed by atoms with E-state index < -0.39 is 0 Å². The Balaban J connectivity index is 1.59. The van der Waals surface area contributed by atoms with Crippen molar-refractivity contribution in [3.63, 3.8) is 0 Å². The number of hydrogen-bond donors (Lipinski definition) is 1. The van der Waals surface area contributed by atoms with E-state index in [-0.39, 0.29) is 5.54 Å². The molecule has 2 aromatic rings. The average molecular weight is 389 g/mol. The van der Waals surface area contributed by atoms with Gasteiger partial charge in [-0.2, -0.15) is 0 Å². The number of benzene rings is 2. The maximum Gasteiger partial charge on any atom is 0.122 e. The van der Waals surface area contributed by atoms with E-state index in [2.05, 4.69) is 66.0 Å². The molecule has 1 aliphatic carbocycles. The molecule has 2 atom stereocenters. The Labute approximate surface area is 174 Å². The molecule has 0 bridgehead atoms. The van der Waals surface area contributed by atoms with Gasteiger partial charge in [0.25, 0.3) is 0 Å². The van der Waals surface area contributed by atoms with Gasteiger partial charge in [-0.1, -0.05) is 67.4 Å². The van der Waals surface area contributed by atoms with E-state index >= 15 is 0 Å². The quantitative estimate of drug-likeness (QED) is 0.644. The molecule has 1 saturated carbocycles. The molecule has 2 unspecified atom stereocenters. The number of methoxy groups -OCH3 is 1. The minimum Gasteiger partial charge on any atom is -0.496 e. The number of allylic oxidation sites excluding steroid dienone is 1. The van der Waals surface area contributed by atoms with Crippen LogP contribution in [0.25, 0.3) is 0 Å². The third-order valence-corrected chi connectivity index (χ3v) is 6.41. The van der Waals surface area contributed by atoms with Crippen LogP contribution in [0.3, 0.4) is 0 Å². The molecule has 2 aromatic carbocycles. The second-order valence-corrected chi connectivity index (χ2v) is 8.34. The van der Waals surface area contributed by atoms with E-state index in [1.54, 1.807) is 7.11 Å². The van der Waals surface area contributed by atoms with Gasteiger partial charge in [-0.05, 0) is 49.0 Å². The van der Waals surface area contributed by atoms with Crippen molar-refractivity contribution in [3.05, 3.63) is 77.9 Å². The van der Waals surface area contributed by atoms with Gasteiger partial charge in [-0.25, -0.2) is 0 Å². The minimum atomic E-state index is -0.258. The fourth-order valence-corrected chi connectivity index (χ4v) is 4.83. The van der Waals surface area contributed by atoms with E-state index in [0.717, 1.165) is 25.0 Å². The summed E-state index contributed by atoms with van der Waals surface area (Å²) in [6.07, 6.45) is 14.6. The first kappa shape index (κ1) is 19.9. The lowest BCUT2D eigenvalue weighted by Crippen LogP contribution is -2.52. The number of nitrogens with zero attached hydrogens (tertiary/aromatic N) is 1. The number of aliphatic imine (C=N–C) groups is 1. The van der Waals surface area contributed by atoms with Crippen molar-refractivity contribution in [1.82, 2.24) is 5.32 Å². The van der Waals surface area contributed by atoms with Gasteiger partial charge in [-0.15, -0.1) is 0 Å². The van der Waals surface area contributed by atoms with Crippen LogP contribution in [0.5, 0.6) is 5.75 Å². The predicted octanol–water partition coefficient (Wildman–Crippen LogP) is 5.15. The van der Waals surface area contributed by atoms with Crippen molar-refractivity contribution in [2.45, 2.75) is 62.6 Å². The first-order valence-corrected chi connectivity index (χ1v) is 10.9. The van der Waals surface area contributed by atoms with Crippen LogP contribution in [0.4, 0.5) is 0 Å². The molecule has 3 heteroatoms. The lowest BCUT2D eigenvalue weighted by molar-refractivity contribution is 0.302. The number of nitrogens with one attached hydrogen (secondary N) is 1. The first-order valence-electron chi connectivity index (χ1n) is 10.9. The van der Waals surface area contributed by atoms with Gasteiger partial charge >= 0.3 is 0 Å². The number of para-hydroxylation sites is 1. The zero-order valence-corrected chi connectivity index (χ0v) is 17.4. The highest BCUT2D eigenvalue weighted by atomic mass is 16.5. The highest BCUT2D eigenvalue weighted by molar-refractivity contribution is 5.75. The molecule has 4 rings (SSSR count). The summed E-state index contributed by atoms with van der Waals surface area (Å²) < 4.78 is 5.65. The van der Waals surface area contributed by atoms with Gasteiger partial charge in [0, 0.05) is 24.7 Å². The number of hydrogen-bond acceptors (Lipinski definition) is 3. The maximum atomic E-state index is 5.65. The summed E-state index contributed by atoms with van der Waals surface area (Å²) in [6, 6.07) is 20.1. The second kappa shape index (κ2) is 9.41. The summed E-state index contributed by atoms with van der Waals surface area (Å²) in [5, 5.41) is 4.02. The molecule has 29 heavy (non-hydrogen) atoms. The molecule has 1 fully saturated rings. The Bertz CT molecular complexity index is 825. The Morgan fingerprint density at radius 3 is 2.55 bits per heavy atom. The average Bonchev–Trinajstić information content (AvgIpc) is 3.45. The monoisotopic (exact) mass is 388 g/mol. The summed E-state index contributed by atoms with van der Waals surface area (Å²) in [4.78, 5) is 5.04. The zero-order chi connectivity index (χ0) is 19.9. The highest BCUT2D eigenvalue weighted by Crippen LogP contribution is 2.34. The van der Waals surface area contributed by atoms with E-state index in [9.17, 15) is 0 Å². The third-order valence-electron chi connectivity index (χ3n) is 6.41. The van der Waals surface area contributed by atoms with Crippen molar-refractivity contribution in [2.75, 3.05) is 7.11 Å². The molecular weight excluding hydrogens is 356 g/mol. The summed E-state index contributed by atoms with van der Waals surface area (Å²) >= 11 is 0. The van der Waals surface area contributed by atoms with Crippen molar-refractivity contribution in [3.8, 4) is 5.75 Å². The fourth-order valence-electron chi connectivity index (χ4n) is 4.83. The van der Waals surface area contributed by atoms with E-state index in [0.29, 0.717) is 12.1 Å². The van der Waals surface area contributed by atoms with Crippen LogP contribution in [0, 0.1) is 0 Å². The maximum absolute atomic E-state index is 5.65. The molecule has 0 spiro atoms. The number of rotatable bonds is 9. The standard InChI is InChI=1S/C26H32N2O/c1-29-24-15-8-5-12-22(24)20-26(18-9-19-27-26)25(28-23-13-6-7-14-23)17-16-21-10-3-2-4-11-21/h2-5,8-12,15,18-19,23,25,28H,6-7,13-14,16-17,20H2,1H3. The fraction of sp³-hybridized carbons (Fsp3) is 0.423. The Morgan fingerprint density at radius 1 is 1.07 bits per heavy atom. The highest BCUT2D eigenvalue weighted by Gasteiger charge is 2.39. The van der Waals surface area contributed by atoms with Crippen molar-refractivity contribution in [1.29, 1.82) is 0 Å². The van der Waals surface area contributed by atoms with E-state index in [1.165, 1.54) is 36.8 Å². The van der Waals surface area contributed by atoms with E-state index in [4.69, 9.17) is 9.73 Å². The molecule has 2 aliphatic rings. The van der Waals surface area contributed by atoms with Crippen LogP contribution in [0.15, 0.2) is 71.7 Å². The number of aryl methyl sites for hydroxylation is 1. The molecule has 152 valence electrons. The van der Waals surface area contributed by atoms with Crippen LogP contribution in [0.2, 0.25) is 0 Å². The normalized spacial score (nSPS) is 22.2. The molecule has 3 nitrogen and oxygen atoms in total. The molecule has 1 N–H and O–H groups in total. The summed E-state index contributed by atoms with van der Waals surface area (Å²) in [7, 11) is 1.75. The van der Waals surface area contributed by atoms with Gasteiger partial charge in [0.2, 0.25) is 0 Å². The van der Waals surface area contributed by atoms with Gasteiger partial charge in [0.15, 0.2) is 0 Å². The zero-order valence-electron chi connectivity index (χ0n) is 17.4. The van der Waals surface area contributed by atoms with Gasteiger partial charge < -0.3 is 10.1 Å². The molecular formula is C26H32N2O. The molecule has 1 heterocycles. The molecule has 0 saturated heterocycles. The van der Waals surface area contributed by atoms with Crippen LogP contribution < -0.4 is 10.1 Å². The van der Waals surface area contributed by atoms with Gasteiger partial charge in [-0.3, -0.25) is 4.99 Å². The smallest absolute Gasteiger partial charge is 0.122 e. The number of ether oxygens (including phenoxy) is 1. The molecule has 0 aromatic heterocycles. The van der Waals surface area contributed by atoms with Gasteiger partial charge in [0.05, 0.1) is 12.6 Å². The van der Waals surface area contributed by atoms with Crippen molar-refractivity contribution >= 4 is 6.21 Å². The van der Waals surface area contributed by atoms with Crippen LogP contribution in [-0.2, 0) is 12.8 Å². The topological polar surface area (TPSA) is 33.6 Å². The summed E-state index contributed by atoms with van der Waals surface area (Å²) in [6.45, 7) is 0. The van der Waals surface area contributed by atoms with Crippen molar-refractivity contribution in [2.24, 2.45) is 4.99 Å². The Morgan fingerprint density at radius 2 is 1.83 bits per heavy atom. The van der Waals surface area contributed by atoms with Crippen molar-refractivity contribution < 1.29 is 4.74 Å². The van der Waals surface area contributed by atoms with Crippen LogP contribution in [0.1, 0.15) is 43.2 Å². The predicted molar refractivity (Wildman–Crippen MR) is 121 cm³/mol. The summed E-state index contributed by atoms with van der Waals surface area (Å²) in [5.41, 5.74) is 2.35. The SMILES string of the molecule is COc1ccccc1CC1(C(CCc2ccccc2)NC2CCCC2)C=CC=N1.